The fraction of sp³-hybridized carbons (Fsp3) is 0.938. The number of nitrogens with one attached hydrogen (secondary N) is 1. The molecular formula is C16H33N5O2. The van der Waals surface area contributed by atoms with Crippen molar-refractivity contribution < 1.29 is 9.47 Å². The quantitative estimate of drug-likeness (QED) is 0.545. The van der Waals surface area contributed by atoms with Crippen LogP contribution in [0.5, 0.6) is 0 Å². The van der Waals surface area contributed by atoms with Crippen LogP contribution in [-0.4, -0.2) is 113 Å². The topological polar surface area (TPSA) is 52.6 Å². The summed E-state index contributed by atoms with van der Waals surface area (Å²) >= 11 is 0. The van der Waals surface area contributed by atoms with E-state index in [1.807, 2.05) is 0 Å². The number of guanidine groups is 1. The van der Waals surface area contributed by atoms with Crippen molar-refractivity contribution >= 4 is 5.96 Å². The lowest BCUT2D eigenvalue weighted by Crippen LogP contribution is -2.53. The number of likely N-dealkylation sites (N-methyl/N-ethyl adjacent to an activating group) is 2. The molecule has 23 heavy (non-hydrogen) atoms. The highest BCUT2D eigenvalue weighted by Crippen LogP contribution is 2.09. The highest BCUT2D eigenvalue weighted by atomic mass is 16.5. The van der Waals surface area contributed by atoms with Crippen molar-refractivity contribution in [3.63, 3.8) is 0 Å². The first kappa shape index (κ1) is 18.4. The molecule has 0 saturated carbocycles. The van der Waals surface area contributed by atoms with Gasteiger partial charge in [-0.05, 0) is 21.0 Å². The van der Waals surface area contributed by atoms with Gasteiger partial charge < -0.3 is 24.6 Å². The first-order valence-corrected chi connectivity index (χ1v) is 8.66. The molecular weight excluding hydrogens is 294 g/mol. The Morgan fingerprint density at radius 2 is 2.09 bits per heavy atom. The van der Waals surface area contributed by atoms with Crippen molar-refractivity contribution in [2.45, 2.75) is 19.1 Å². The number of morpholine rings is 1. The van der Waals surface area contributed by atoms with Gasteiger partial charge in [-0.1, -0.05) is 0 Å². The minimum atomic E-state index is 0.126. The second-order valence-electron chi connectivity index (χ2n) is 6.49. The molecule has 0 bridgehead atoms. The molecule has 0 aliphatic carbocycles. The average Bonchev–Trinajstić information content (AvgIpc) is 2.55. The number of aliphatic imine (C=N–C) groups is 1. The van der Waals surface area contributed by atoms with E-state index < -0.39 is 0 Å². The van der Waals surface area contributed by atoms with Gasteiger partial charge in [0.15, 0.2) is 5.96 Å². The molecule has 0 aromatic carbocycles. The molecule has 2 aliphatic heterocycles. The van der Waals surface area contributed by atoms with E-state index in [0.29, 0.717) is 12.6 Å². The Balaban J connectivity index is 1.96. The lowest BCUT2D eigenvalue weighted by atomic mass is 10.2. The number of hydrogen-bond donors (Lipinski definition) is 1. The van der Waals surface area contributed by atoms with Crippen molar-refractivity contribution in [1.29, 1.82) is 0 Å². The van der Waals surface area contributed by atoms with Crippen LogP contribution in [0.15, 0.2) is 4.99 Å². The number of piperazine rings is 1. The maximum Gasteiger partial charge on any atom is 0.194 e. The molecule has 0 radical (unpaired) electrons. The second-order valence-corrected chi connectivity index (χ2v) is 6.49. The SMILES string of the molecule is CCNC(=NCC1CN(C)CCN1C)N1CCOC(COC)C1. The van der Waals surface area contributed by atoms with Crippen LogP contribution in [0.3, 0.4) is 0 Å². The molecule has 7 nitrogen and oxygen atoms in total. The third kappa shape index (κ3) is 5.60. The van der Waals surface area contributed by atoms with Gasteiger partial charge in [0, 0.05) is 52.4 Å². The predicted octanol–water partition coefficient (Wildman–Crippen LogP) is -0.455. The Morgan fingerprint density at radius 1 is 1.26 bits per heavy atom. The molecule has 1 N–H and O–H groups in total. The standard InChI is InChI=1S/C16H33N5O2/c1-5-17-16(21-8-9-23-15(12-21)13-22-4)18-10-14-11-19(2)6-7-20(14)3/h14-15H,5-13H2,1-4H3,(H,17,18). The first-order valence-electron chi connectivity index (χ1n) is 8.66. The van der Waals surface area contributed by atoms with Crippen LogP contribution in [0.1, 0.15) is 6.92 Å². The Hall–Kier alpha value is -0.890. The molecule has 7 heteroatoms. The van der Waals surface area contributed by atoms with E-state index in [0.717, 1.165) is 58.4 Å². The Bertz CT molecular complexity index is 377. The van der Waals surface area contributed by atoms with Gasteiger partial charge in [-0.15, -0.1) is 0 Å². The van der Waals surface area contributed by atoms with E-state index in [1.54, 1.807) is 7.11 Å². The zero-order valence-corrected chi connectivity index (χ0v) is 15.1. The molecule has 2 saturated heterocycles. The number of hydrogen-bond acceptors (Lipinski definition) is 5. The van der Waals surface area contributed by atoms with Crippen LogP contribution in [-0.2, 0) is 9.47 Å². The fourth-order valence-corrected chi connectivity index (χ4v) is 3.11. The molecule has 2 unspecified atom stereocenters. The molecule has 134 valence electrons. The first-order chi connectivity index (χ1) is 11.1. The van der Waals surface area contributed by atoms with E-state index in [1.165, 1.54) is 0 Å². The summed E-state index contributed by atoms with van der Waals surface area (Å²) in [5.41, 5.74) is 0. The molecule has 2 aliphatic rings. The summed E-state index contributed by atoms with van der Waals surface area (Å²) in [6, 6.07) is 0.484. The number of ether oxygens (including phenoxy) is 2. The smallest absolute Gasteiger partial charge is 0.194 e. The van der Waals surface area contributed by atoms with E-state index in [-0.39, 0.29) is 6.10 Å². The molecule has 0 spiro atoms. The molecule has 2 atom stereocenters. The van der Waals surface area contributed by atoms with Crippen molar-refractivity contribution in [2.75, 3.05) is 80.2 Å². The summed E-state index contributed by atoms with van der Waals surface area (Å²) in [5, 5.41) is 3.43. The molecule has 2 heterocycles. The summed E-state index contributed by atoms with van der Waals surface area (Å²) in [5.74, 6) is 0.999. The highest BCUT2D eigenvalue weighted by Gasteiger charge is 2.25. The van der Waals surface area contributed by atoms with Crippen LogP contribution >= 0.6 is 0 Å². The third-order valence-electron chi connectivity index (χ3n) is 4.56. The van der Waals surface area contributed by atoms with Gasteiger partial charge in [-0.3, -0.25) is 9.89 Å². The van der Waals surface area contributed by atoms with Crippen molar-refractivity contribution in [2.24, 2.45) is 4.99 Å². The van der Waals surface area contributed by atoms with Crippen LogP contribution in [0, 0.1) is 0 Å². The lowest BCUT2D eigenvalue weighted by molar-refractivity contribution is -0.0447. The van der Waals surface area contributed by atoms with Gasteiger partial charge in [-0.25, -0.2) is 0 Å². The molecule has 2 fully saturated rings. The largest absolute Gasteiger partial charge is 0.382 e. The molecule has 2 rings (SSSR count). The lowest BCUT2D eigenvalue weighted by Gasteiger charge is -2.38. The van der Waals surface area contributed by atoms with Crippen molar-refractivity contribution in [3.05, 3.63) is 0 Å². The summed E-state index contributed by atoms with van der Waals surface area (Å²) < 4.78 is 11.0. The van der Waals surface area contributed by atoms with Crippen molar-refractivity contribution in [1.82, 2.24) is 20.0 Å². The maximum absolute atomic E-state index is 5.74. The molecule has 0 aromatic heterocycles. The average molecular weight is 327 g/mol. The van der Waals surface area contributed by atoms with Crippen LogP contribution in [0.2, 0.25) is 0 Å². The number of nitrogens with zero attached hydrogens (tertiary/aromatic N) is 4. The number of methoxy groups -OCH3 is 1. The fourth-order valence-electron chi connectivity index (χ4n) is 3.11. The normalized spacial score (nSPS) is 28.2. The maximum atomic E-state index is 5.74. The molecule has 0 amide bonds. The zero-order chi connectivity index (χ0) is 16.7. The summed E-state index contributed by atoms with van der Waals surface area (Å²) in [6.45, 7) is 10.2. The highest BCUT2D eigenvalue weighted by molar-refractivity contribution is 5.80. The zero-order valence-electron chi connectivity index (χ0n) is 15.1. The minimum Gasteiger partial charge on any atom is -0.382 e. The summed E-state index contributed by atoms with van der Waals surface area (Å²) in [4.78, 5) is 12.0. The van der Waals surface area contributed by atoms with Gasteiger partial charge in [-0.2, -0.15) is 0 Å². The Labute approximate surface area is 140 Å². The minimum absolute atomic E-state index is 0.126. The van der Waals surface area contributed by atoms with Gasteiger partial charge >= 0.3 is 0 Å². The third-order valence-corrected chi connectivity index (χ3v) is 4.56. The van der Waals surface area contributed by atoms with E-state index in [4.69, 9.17) is 14.5 Å². The summed E-state index contributed by atoms with van der Waals surface area (Å²) in [6.07, 6.45) is 0.126. The van der Waals surface area contributed by atoms with Gasteiger partial charge in [0.25, 0.3) is 0 Å². The van der Waals surface area contributed by atoms with Crippen LogP contribution < -0.4 is 5.32 Å². The van der Waals surface area contributed by atoms with Gasteiger partial charge in [0.05, 0.1) is 25.9 Å². The predicted molar refractivity (Wildman–Crippen MR) is 93.1 cm³/mol. The van der Waals surface area contributed by atoms with E-state index >= 15 is 0 Å². The monoisotopic (exact) mass is 327 g/mol. The Kier molecular flexibility index (Phi) is 7.55. The van der Waals surface area contributed by atoms with Gasteiger partial charge in [0.2, 0.25) is 0 Å². The molecule has 0 aromatic rings. The van der Waals surface area contributed by atoms with Crippen LogP contribution in [0.4, 0.5) is 0 Å². The van der Waals surface area contributed by atoms with Gasteiger partial charge in [0.1, 0.15) is 0 Å². The summed E-state index contributed by atoms with van der Waals surface area (Å²) in [7, 11) is 6.10. The number of rotatable bonds is 5. The van der Waals surface area contributed by atoms with E-state index in [9.17, 15) is 0 Å². The van der Waals surface area contributed by atoms with Crippen LogP contribution in [0.25, 0.3) is 0 Å². The van der Waals surface area contributed by atoms with E-state index in [2.05, 4.69) is 41.0 Å². The second kappa shape index (κ2) is 9.42. The van der Waals surface area contributed by atoms with Crippen molar-refractivity contribution in [3.8, 4) is 0 Å². The Morgan fingerprint density at radius 3 is 2.83 bits per heavy atom.